The third kappa shape index (κ3) is 3.29. The van der Waals surface area contributed by atoms with Gasteiger partial charge in [0.15, 0.2) is 0 Å². The Bertz CT molecular complexity index is 353. The van der Waals surface area contributed by atoms with E-state index in [9.17, 15) is 0 Å². The summed E-state index contributed by atoms with van der Waals surface area (Å²) in [7, 11) is 0. The fourth-order valence-corrected chi connectivity index (χ4v) is 2.54. The Morgan fingerprint density at radius 1 is 1.50 bits per heavy atom. The molecule has 2 unspecified atom stereocenters. The molecule has 0 saturated carbocycles. The first kappa shape index (κ1) is 13.5. The molecule has 0 amide bonds. The first-order valence-corrected chi connectivity index (χ1v) is 7.03. The van der Waals surface area contributed by atoms with Gasteiger partial charge in [-0.05, 0) is 26.3 Å². The Balaban J connectivity index is 1.96. The highest BCUT2D eigenvalue weighted by Crippen LogP contribution is 2.19. The largest absolute Gasteiger partial charge is 0.381 e. The highest BCUT2D eigenvalue weighted by molar-refractivity contribution is 4.92. The molecule has 0 radical (unpaired) electrons. The van der Waals surface area contributed by atoms with Gasteiger partial charge in [-0.2, -0.15) is 5.10 Å². The van der Waals surface area contributed by atoms with Crippen molar-refractivity contribution < 1.29 is 4.74 Å². The van der Waals surface area contributed by atoms with Crippen LogP contribution in [0.4, 0.5) is 0 Å². The van der Waals surface area contributed by atoms with E-state index in [4.69, 9.17) is 4.74 Å². The molecule has 18 heavy (non-hydrogen) atoms. The van der Waals surface area contributed by atoms with E-state index in [0.29, 0.717) is 12.0 Å². The van der Waals surface area contributed by atoms with E-state index < -0.39 is 0 Å². The van der Waals surface area contributed by atoms with Crippen molar-refractivity contribution in [1.82, 2.24) is 20.1 Å². The van der Waals surface area contributed by atoms with Crippen molar-refractivity contribution in [3.05, 3.63) is 12.2 Å². The van der Waals surface area contributed by atoms with Crippen LogP contribution in [-0.4, -0.2) is 40.6 Å². The maximum Gasteiger partial charge on any atom is 0.138 e. The molecule has 1 aromatic heterocycles. The molecular formula is C13H24N4O. The zero-order chi connectivity index (χ0) is 12.8. The van der Waals surface area contributed by atoms with Crippen LogP contribution in [0.25, 0.3) is 0 Å². The molecule has 1 saturated heterocycles. The van der Waals surface area contributed by atoms with Crippen LogP contribution in [0.3, 0.4) is 0 Å². The van der Waals surface area contributed by atoms with E-state index in [1.54, 1.807) is 6.33 Å². The van der Waals surface area contributed by atoms with E-state index in [0.717, 1.165) is 45.0 Å². The summed E-state index contributed by atoms with van der Waals surface area (Å²) in [5.74, 6) is 1.59. The highest BCUT2D eigenvalue weighted by Gasteiger charge is 2.26. The van der Waals surface area contributed by atoms with Crippen molar-refractivity contribution in [2.75, 3.05) is 19.8 Å². The number of hydrogen-bond acceptors (Lipinski definition) is 4. The number of rotatable bonds is 6. The number of aryl methyl sites for hydroxylation is 1. The lowest BCUT2D eigenvalue weighted by molar-refractivity contribution is 0.0311. The molecule has 1 N–H and O–H groups in total. The lowest BCUT2D eigenvalue weighted by atomic mass is 9.92. The van der Waals surface area contributed by atoms with Gasteiger partial charge in [0.25, 0.3) is 0 Å². The summed E-state index contributed by atoms with van der Waals surface area (Å²) in [6.45, 7) is 7.98. The second kappa shape index (κ2) is 6.85. The number of ether oxygens (including phenoxy) is 1. The monoisotopic (exact) mass is 252 g/mol. The van der Waals surface area contributed by atoms with Crippen molar-refractivity contribution in [3.8, 4) is 0 Å². The molecule has 2 heterocycles. The first-order chi connectivity index (χ1) is 8.85. The first-order valence-electron chi connectivity index (χ1n) is 7.03. The quantitative estimate of drug-likeness (QED) is 0.828. The molecule has 2 atom stereocenters. The van der Waals surface area contributed by atoms with Crippen molar-refractivity contribution in [1.29, 1.82) is 0 Å². The van der Waals surface area contributed by atoms with E-state index in [2.05, 4.69) is 29.2 Å². The SMILES string of the molecule is CCCNC1CCOCC1Cc1ncnn1CC. The second-order valence-electron chi connectivity index (χ2n) is 4.88. The van der Waals surface area contributed by atoms with Gasteiger partial charge in [0.2, 0.25) is 0 Å². The van der Waals surface area contributed by atoms with Gasteiger partial charge in [0.1, 0.15) is 12.2 Å². The third-order valence-corrected chi connectivity index (χ3v) is 3.57. The average molecular weight is 252 g/mol. The number of nitrogens with zero attached hydrogens (tertiary/aromatic N) is 3. The van der Waals surface area contributed by atoms with Gasteiger partial charge < -0.3 is 10.1 Å². The summed E-state index contributed by atoms with van der Waals surface area (Å²) >= 11 is 0. The van der Waals surface area contributed by atoms with Crippen molar-refractivity contribution >= 4 is 0 Å². The van der Waals surface area contributed by atoms with E-state index in [1.165, 1.54) is 6.42 Å². The van der Waals surface area contributed by atoms with Crippen molar-refractivity contribution in [2.24, 2.45) is 5.92 Å². The van der Waals surface area contributed by atoms with Crippen LogP contribution in [0, 0.1) is 5.92 Å². The van der Waals surface area contributed by atoms with E-state index in [1.807, 2.05) is 4.68 Å². The summed E-state index contributed by atoms with van der Waals surface area (Å²) in [5.41, 5.74) is 0. The fourth-order valence-electron chi connectivity index (χ4n) is 2.54. The van der Waals surface area contributed by atoms with Gasteiger partial charge in [0.05, 0.1) is 6.61 Å². The summed E-state index contributed by atoms with van der Waals surface area (Å²) in [6.07, 6.45) is 4.88. The van der Waals surface area contributed by atoms with Gasteiger partial charge in [-0.25, -0.2) is 4.98 Å². The normalized spacial score (nSPS) is 24.3. The van der Waals surface area contributed by atoms with Gasteiger partial charge in [-0.15, -0.1) is 0 Å². The standard InChI is InChI=1S/C13H24N4O/c1-3-6-14-12-5-7-18-9-11(12)8-13-15-10-16-17(13)4-2/h10-12,14H,3-9H2,1-2H3. The second-order valence-corrected chi connectivity index (χ2v) is 4.88. The predicted octanol–water partition coefficient (Wildman–Crippen LogP) is 1.25. The molecule has 0 aliphatic carbocycles. The topological polar surface area (TPSA) is 52.0 Å². The Morgan fingerprint density at radius 3 is 3.17 bits per heavy atom. The van der Waals surface area contributed by atoms with Crippen LogP contribution in [0.5, 0.6) is 0 Å². The van der Waals surface area contributed by atoms with Crippen LogP contribution in [0.2, 0.25) is 0 Å². The molecule has 0 bridgehead atoms. The lowest BCUT2D eigenvalue weighted by Gasteiger charge is -2.32. The minimum Gasteiger partial charge on any atom is -0.381 e. The molecule has 0 aromatic carbocycles. The zero-order valence-electron chi connectivity index (χ0n) is 11.4. The van der Waals surface area contributed by atoms with Gasteiger partial charge in [-0.1, -0.05) is 6.92 Å². The third-order valence-electron chi connectivity index (χ3n) is 3.57. The Labute approximate surface area is 109 Å². The Kier molecular flexibility index (Phi) is 5.13. The smallest absolute Gasteiger partial charge is 0.138 e. The number of hydrogen-bond donors (Lipinski definition) is 1. The molecule has 1 aromatic rings. The average Bonchev–Trinajstić information content (AvgIpc) is 2.85. The van der Waals surface area contributed by atoms with Crippen LogP contribution in [-0.2, 0) is 17.7 Å². The summed E-state index contributed by atoms with van der Waals surface area (Å²) in [5, 5.41) is 7.87. The zero-order valence-corrected chi connectivity index (χ0v) is 11.4. The maximum absolute atomic E-state index is 5.62. The molecule has 1 fully saturated rings. The molecular weight excluding hydrogens is 228 g/mol. The molecule has 102 valence electrons. The number of aromatic nitrogens is 3. The van der Waals surface area contributed by atoms with Crippen molar-refractivity contribution in [3.63, 3.8) is 0 Å². The fraction of sp³-hybridized carbons (Fsp3) is 0.846. The predicted molar refractivity (Wildman–Crippen MR) is 70.4 cm³/mol. The maximum atomic E-state index is 5.62. The van der Waals surface area contributed by atoms with Gasteiger partial charge in [-0.3, -0.25) is 4.68 Å². The molecule has 5 nitrogen and oxygen atoms in total. The van der Waals surface area contributed by atoms with Crippen LogP contribution in [0.1, 0.15) is 32.5 Å². The molecule has 2 rings (SSSR count). The van der Waals surface area contributed by atoms with Crippen molar-refractivity contribution in [2.45, 2.75) is 45.7 Å². The Hall–Kier alpha value is -0.940. The lowest BCUT2D eigenvalue weighted by Crippen LogP contribution is -2.44. The minimum atomic E-state index is 0.514. The highest BCUT2D eigenvalue weighted by atomic mass is 16.5. The Morgan fingerprint density at radius 2 is 2.39 bits per heavy atom. The summed E-state index contributed by atoms with van der Waals surface area (Å²) in [4.78, 5) is 4.36. The van der Waals surface area contributed by atoms with Crippen LogP contribution >= 0.6 is 0 Å². The number of nitrogens with one attached hydrogen (secondary N) is 1. The van der Waals surface area contributed by atoms with Gasteiger partial charge >= 0.3 is 0 Å². The van der Waals surface area contributed by atoms with E-state index >= 15 is 0 Å². The summed E-state index contributed by atoms with van der Waals surface area (Å²) < 4.78 is 7.59. The minimum absolute atomic E-state index is 0.514. The van der Waals surface area contributed by atoms with Crippen LogP contribution < -0.4 is 5.32 Å². The molecule has 1 aliphatic heterocycles. The molecule has 0 spiro atoms. The molecule has 5 heteroatoms. The van der Waals surface area contributed by atoms with E-state index in [-0.39, 0.29) is 0 Å². The van der Waals surface area contributed by atoms with Crippen LogP contribution in [0.15, 0.2) is 6.33 Å². The summed E-state index contributed by atoms with van der Waals surface area (Å²) in [6, 6.07) is 0.556. The van der Waals surface area contributed by atoms with Gasteiger partial charge in [0, 0.05) is 31.5 Å². The molecule has 1 aliphatic rings.